The molecule has 3 amide bonds. The van der Waals surface area contributed by atoms with Crippen LogP contribution in [0.1, 0.15) is 27.8 Å². The third-order valence-electron chi connectivity index (χ3n) is 5.21. The number of rotatable bonds is 9. The molecule has 37 heavy (non-hydrogen) atoms. The predicted octanol–water partition coefficient (Wildman–Crippen LogP) is 3.40. The summed E-state index contributed by atoms with van der Waals surface area (Å²) >= 11 is 0. The van der Waals surface area contributed by atoms with E-state index in [-0.39, 0.29) is 19.1 Å². The van der Waals surface area contributed by atoms with E-state index in [9.17, 15) is 14.4 Å². The van der Waals surface area contributed by atoms with Crippen LogP contribution >= 0.6 is 0 Å². The quantitative estimate of drug-likeness (QED) is 0.235. The van der Waals surface area contributed by atoms with Gasteiger partial charge in [-0.25, -0.2) is 5.43 Å². The summed E-state index contributed by atoms with van der Waals surface area (Å²) in [5.74, 6) is -1.23. The number of nitrogens with one attached hydrogen (secondary N) is 3. The Bertz CT molecular complexity index is 1280. The first kappa shape index (κ1) is 26.9. The molecule has 0 fully saturated rings. The van der Waals surface area contributed by atoms with Gasteiger partial charge in [0.25, 0.3) is 5.91 Å². The molecular formula is C28H30N4O5. The third kappa shape index (κ3) is 8.50. The van der Waals surface area contributed by atoms with Crippen molar-refractivity contribution in [3.8, 4) is 11.5 Å². The SMILES string of the molecule is COc1cc(/C=N\NC(=O)C(=O)NCc2ccc(C)cc2)ccc1OCC(=O)Nc1cc(C)cc(C)c1. The smallest absolute Gasteiger partial charge is 0.329 e. The molecule has 3 aromatic rings. The van der Waals surface area contributed by atoms with E-state index in [1.807, 2.05) is 63.2 Å². The van der Waals surface area contributed by atoms with Crippen LogP contribution in [0.3, 0.4) is 0 Å². The van der Waals surface area contributed by atoms with Gasteiger partial charge in [0.1, 0.15) is 0 Å². The molecule has 3 N–H and O–H groups in total. The van der Waals surface area contributed by atoms with Gasteiger partial charge >= 0.3 is 11.8 Å². The molecule has 0 spiro atoms. The molecule has 3 rings (SSSR count). The molecular weight excluding hydrogens is 472 g/mol. The lowest BCUT2D eigenvalue weighted by atomic mass is 10.1. The highest BCUT2D eigenvalue weighted by Gasteiger charge is 2.12. The molecule has 0 atom stereocenters. The minimum atomic E-state index is -0.884. The zero-order chi connectivity index (χ0) is 26.8. The fourth-order valence-corrected chi connectivity index (χ4v) is 3.46. The zero-order valence-corrected chi connectivity index (χ0v) is 21.3. The average Bonchev–Trinajstić information content (AvgIpc) is 2.86. The number of amides is 3. The molecule has 0 aliphatic carbocycles. The van der Waals surface area contributed by atoms with Crippen molar-refractivity contribution in [3.05, 3.63) is 88.5 Å². The number of nitrogens with zero attached hydrogens (tertiary/aromatic N) is 1. The molecule has 0 radical (unpaired) electrons. The molecule has 0 saturated heterocycles. The minimum Gasteiger partial charge on any atom is -0.493 e. The standard InChI is InChI=1S/C28H30N4O5/c1-18-5-7-21(8-6-18)15-29-27(34)28(35)32-30-16-22-9-10-24(25(14-22)36-4)37-17-26(33)31-23-12-19(2)11-20(3)13-23/h5-14,16H,15,17H2,1-4H3,(H,29,34)(H,31,33)(H,32,35)/b30-16-. The van der Waals surface area contributed by atoms with Crippen molar-refractivity contribution < 1.29 is 23.9 Å². The highest BCUT2D eigenvalue weighted by atomic mass is 16.5. The Kier molecular flexibility index (Phi) is 9.37. The van der Waals surface area contributed by atoms with Gasteiger partial charge in [0.2, 0.25) is 0 Å². The lowest BCUT2D eigenvalue weighted by Crippen LogP contribution is -2.37. The first-order chi connectivity index (χ1) is 17.7. The van der Waals surface area contributed by atoms with Gasteiger partial charge in [0.15, 0.2) is 18.1 Å². The Hall–Kier alpha value is -4.66. The van der Waals surface area contributed by atoms with Gasteiger partial charge in [-0.2, -0.15) is 5.10 Å². The zero-order valence-electron chi connectivity index (χ0n) is 21.3. The second-order valence-corrected chi connectivity index (χ2v) is 8.49. The minimum absolute atomic E-state index is 0.204. The van der Waals surface area contributed by atoms with E-state index in [0.29, 0.717) is 22.7 Å². The molecule has 0 bridgehead atoms. The molecule has 0 aliphatic heterocycles. The predicted molar refractivity (Wildman–Crippen MR) is 142 cm³/mol. The van der Waals surface area contributed by atoms with Crippen molar-refractivity contribution in [2.75, 3.05) is 19.0 Å². The number of carbonyl (C=O) groups excluding carboxylic acids is 3. The number of hydrogen-bond acceptors (Lipinski definition) is 6. The van der Waals surface area contributed by atoms with Gasteiger partial charge < -0.3 is 20.1 Å². The molecule has 192 valence electrons. The normalized spacial score (nSPS) is 10.6. The summed E-state index contributed by atoms with van der Waals surface area (Å²) in [5, 5.41) is 9.18. The molecule has 9 heteroatoms. The van der Waals surface area contributed by atoms with Crippen LogP contribution in [0.5, 0.6) is 11.5 Å². The van der Waals surface area contributed by atoms with Crippen LogP contribution in [0, 0.1) is 20.8 Å². The number of methoxy groups -OCH3 is 1. The number of ether oxygens (including phenoxy) is 2. The van der Waals surface area contributed by atoms with Crippen LogP contribution in [0.2, 0.25) is 0 Å². The summed E-state index contributed by atoms with van der Waals surface area (Å²) in [4.78, 5) is 36.3. The maximum Gasteiger partial charge on any atom is 0.329 e. The van der Waals surface area contributed by atoms with Crippen molar-refractivity contribution >= 4 is 29.6 Å². The van der Waals surface area contributed by atoms with E-state index in [1.165, 1.54) is 13.3 Å². The van der Waals surface area contributed by atoms with E-state index >= 15 is 0 Å². The van der Waals surface area contributed by atoms with E-state index in [1.54, 1.807) is 18.2 Å². The van der Waals surface area contributed by atoms with Crippen molar-refractivity contribution in [2.24, 2.45) is 5.10 Å². The van der Waals surface area contributed by atoms with Gasteiger partial charge in [0.05, 0.1) is 13.3 Å². The fraction of sp³-hybridized carbons (Fsp3) is 0.214. The molecule has 0 aromatic heterocycles. The second-order valence-electron chi connectivity index (χ2n) is 8.49. The Morgan fingerprint density at radius 2 is 1.54 bits per heavy atom. The van der Waals surface area contributed by atoms with Crippen molar-refractivity contribution in [2.45, 2.75) is 27.3 Å². The van der Waals surface area contributed by atoms with Gasteiger partial charge in [-0.15, -0.1) is 0 Å². The van der Waals surface area contributed by atoms with Crippen molar-refractivity contribution in [1.29, 1.82) is 0 Å². The summed E-state index contributed by atoms with van der Waals surface area (Å²) in [6.07, 6.45) is 1.37. The van der Waals surface area contributed by atoms with Crippen LogP contribution in [0.4, 0.5) is 5.69 Å². The Morgan fingerprint density at radius 1 is 0.838 bits per heavy atom. The molecule has 0 saturated carbocycles. The Morgan fingerprint density at radius 3 is 2.22 bits per heavy atom. The largest absolute Gasteiger partial charge is 0.493 e. The number of aryl methyl sites for hydroxylation is 3. The maximum atomic E-state index is 12.3. The second kappa shape index (κ2) is 12.9. The third-order valence-corrected chi connectivity index (χ3v) is 5.21. The summed E-state index contributed by atoms with van der Waals surface area (Å²) in [6.45, 7) is 5.92. The molecule has 0 heterocycles. The number of hydrogen-bond donors (Lipinski definition) is 3. The lowest BCUT2D eigenvalue weighted by Gasteiger charge is -2.12. The Balaban J connectivity index is 1.49. The molecule has 9 nitrogen and oxygen atoms in total. The highest BCUT2D eigenvalue weighted by Crippen LogP contribution is 2.27. The van der Waals surface area contributed by atoms with Gasteiger partial charge in [-0.3, -0.25) is 14.4 Å². The lowest BCUT2D eigenvalue weighted by molar-refractivity contribution is -0.139. The van der Waals surface area contributed by atoms with E-state index in [0.717, 1.165) is 22.3 Å². The summed E-state index contributed by atoms with van der Waals surface area (Å²) in [7, 11) is 1.47. The van der Waals surface area contributed by atoms with Crippen molar-refractivity contribution in [3.63, 3.8) is 0 Å². The highest BCUT2D eigenvalue weighted by molar-refractivity contribution is 6.35. The topological polar surface area (TPSA) is 118 Å². The summed E-state index contributed by atoms with van der Waals surface area (Å²) in [6, 6.07) is 18.3. The van der Waals surface area contributed by atoms with Gasteiger partial charge in [0, 0.05) is 12.2 Å². The fourth-order valence-electron chi connectivity index (χ4n) is 3.46. The molecule has 0 aliphatic rings. The first-order valence-electron chi connectivity index (χ1n) is 11.6. The Labute approximate surface area is 215 Å². The maximum absolute atomic E-state index is 12.3. The number of carbonyl (C=O) groups is 3. The van der Waals surface area contributed by atoms with Crippen LogP contribution in [0.25, 0.3) is 0 Å². The number of benzene rings is 3. The average molecular weight is 503 g/mol. The summed E-state index contributed by atoms with van der Waals surface area (Å²) < 4.78 is 11.0. The van der Waals surface area contributed by atoms with Crippen LogP contribution in [-0.4, -0.2) is 37.7 Å². The molecule has 0 unspecified atom stereocenters. The van der Waals surface area contributed by atoms with Crippen LogP contribution in [0.15, 0.2) is 65.8 Å². The van der Waals surface area contributed by atoms with Crippen LogP contribution in [-0.2, 0) is 20.9 Å². The van der Waals surface area contributed by atoms with Crippen molar-refractivity contribution in [1.82, 2.24) is 10.7 Å². The van der Waals surface area contributed by atoms with Crippen LogP contribution < -0.4 is 25.5 Å². The van der Waals surface area contributed by atoms with E-state index in [2.05, 4.69) is 21.2 Å². The van der Waals surface area contributed by atoms with E-state index in [4.69, 9.17) is 9.47 Å². The van der Waals surface area contributed by atoms with Gasteiger partial charge in [-0.05, 0) is 73.4 Å². The monoisotopic (exact) mass is 502 g/mol. The van der Waals surface area contributed by atoms with Gasteiger partial charge in [-0.1, -0.05) is 35.9 Å². The first-order valence-corrected chi connectivity index (χ1v) is 11.6. The summed E-state index contributed by atoms with van der Waals surface area (Å²) in [5.41, 5.74) is 7.58. The molecule has 3 aromatic carbocycles. The number of anilines is 1. The van der Waals surface area contributed by atoms with E-state index < -0.39 is 11.8 Å². The number of hydrazone groups is 1.